The highest BCUT2D eigenvalue weighted by molar-refractivity contribution is 5.76. The van der Waals surface area contributed by atoms with E-state index in [9.17, 15) is 0 Å². The summed E-state index contributed by atoms with van der Waals surface area (Å²) in [6.45, 7) is 2.87. The summed E-state index contributed by atoms with van der Waals surface area (Å²) < 4.78 is 7.54. The van der Waals surface area contributed by atoms with Gasteiger partial charge in [0, 0.05) is 13.1 Å². The van der Waals surface area contributed by atoms with Gasteiger partial charge < -0.3 is 9.30 Å². The van der Waals surface area contributed by atoms with Gasteiger partial charge in [-0.1, -0.05) is 6.92 Å². The number of nitrogens with zero attached hydrogens (tertiary/aromatic N) is 2. The lowest BCUT2D eigenvalue weighted by molar-refractivity contribution is 0.318. The van der Waals surface area contributed by atoms with Crippen molar-refractivity contribution in [1.82, 2.24) is 9.55 Å². The van der Waals surface area contributed by atoms with Crippen molar-refractivity contribution >= 4 is 11.0 Å². The van der Waals surface area contributed by atoms with Crippen molar-refractivity contribution in [3.05, 3.63) is 24.5 Å². The Hall–Kier alpha value is -1.51. The summed E-state index contributed by atoms with van der Waals surface area (Å²) in [6.07, 6.45) is 2.84. The van der Waals surface area contributed by atoms with Crippen molar-refractivity contribution in [2.75, 3.05) is 6.61 Å². The van der Waals surface area contributed by atoms with Crippen LogP contribution in [0.15, 0.2) is 24.5 Å². The molecule has 0 radical (unpaired) electrons. The Morgan fingerprint density at radius 2 is 2.29 bits per heavy atom. The van der Waals surface area contributed by atoms with E-state index in [-0.39, 0.29) is 0 Å². The molecular formula is C11H14N2O. The maximum atomic E-state index is 5.55. The molecule has 2 rings (SSSR count). The molecule has 0 atom stereocenters. The van der Waals surface area contributed by atoms with Gasteiger partial charge in [-0.15, -0.1) is 0 Å². The molecule has 0 fully saturated rings. The van der Waals surface area contributed by atoms with Gasteiger partial charge in [0.2, 0.25) is 0 Å². The summed E-state index contributed by atoms with van der Waals surface area (Å²) in [5.41, 5.74) is 2.12. The fourth-order valence-electron chi connectivity index (χ4n) is 1.42. The zero-order valence-electron chi connectivity index (χ0n) is 8.53. The Balaban J connectivity index is 2.34. The molecule has 0 amide bonds. The van der Waals surface area contributed by atoms with E-state index in [4.69, 9.17) is 4.74 Å². The Kier molecular flexibility index (Phi) is 2.39. The topological polar surface area (TPSA) is 27.1 Å². The number of imidazole rings is 1. The number of aryl methyl sites for hydroxylation is 1. The van der Waals surface area contributed by atoms with Crippen LogP contribution < -0.4 is 4.74 Å². The number of aromatic nitrogens is 2. The number of ether oxygens (including phenoxy) is 1. The van der Waals surface area contributed by atoms with Crippen LogP contribution in [0.1, 0.15) is 13.3 Å². The molecule has 1 aromatic carbocycles. The predicted molar refractivity (Wildman–Crippen MR) is 56.5 cm³/mol. The predicted octanol–water partition coefficient (Wildman–Crippen LogP) is 2.36. The van der Waals surface area contributed by atoms with Crippen molar-refractivity contribution < 1.29 is 4.74 Å². The molecule has 0 spiro atoms. The summed E-state index contributed by atoms with van der Waals surface area (Å²) in [5.74, 6) is 0.919. The Morgan fingerprint density at radius 3 is 3.07 bits per heavy atom. The van der Waals surface area contributed by atoms with Crippen LogP contribution >= 0.6 is 0 Å². The summed E-state index contributed by atoms with van der Waals surface area (Å²) in [7, 11) is 1.99. The molecular weight excluding hydrogens is 176 g/mol. The molecule has 0 aliphatic carbocycles. The molecule has 14 heavy (non-hydrogen) atoms. The fourth-order valence-corrected chi connectivity index (χ4v) is 1.42. The van der Waals surface area contributed by atoms with Gasteiger partial charge in [0.15, 0.2) is 0 Å². The first-order chi connectivity index (χ1) is 6.81. The first-order valence-electron chi connectivity index (χ1n) is 4.85. The lowest BCUT2D eigenvalue weighted by Gasteiger charge is -2.04. The first-order valence-corrected chi connectivity index (χ1v) is 4.85. The third kappa shape index (κ3) is 1.58. The molecule has 1 heterocycles. The highest BCUT2D eigenvalue weighted by Crippen LogP contribution is 2.19. The minimum atomic E-state index is 0.767. The SMILES string of the molecule is CCCOc1ccc2ncn(C)c2c1. The van der Waals surface area contributed by atoms with Crippen LogP contribution in [0.5, 0.6) is 5.75 Å². The quantitative estimate of drug-likeness (QED) is 0.743. The zero-order valence-corrected chi connectivity index (χ0v) is 8.53. The van der Waals surface area contributed by atoms with Crippen molar-refractivity contribution in [2.24, 2.45) is 7.05 Å². The van der Waals surface area contributed by atoms with Gasteiger partial charge in [-0.25, -0.2) is 4.98 Å². The van der Waals surface area contributed by atoms with Crippen molar-refractivity contribution in [2.45, 2.75) is 13.3 Å². The average molecular weight is 190 g/mol. The number of hydrogen-bond donors (Lipinski definition) is 0. The molecule has 3 heteroatoms. The second kappa shape index (κ2) is 3.70. The molecule has 0 aliphatic heterocycles. The molecule has 0 saturated heterocycles. The number of rotatable bonds is 3. The highest BCUT2D eigenvalue weighted by Gasteiger charge is 2.00. The van der Waals surface area contributed by atoms with Gasteiger partial charge in [0.05, 0.1) is 24.0 Å². The molecule has 3 nitrogen and oxygen atoms in total. The Morgan fingerprint density at radius 1 is 1.43 bits per heavy atom. The van der Waals surface area contributed by atoms with E-state index in [1.165, 1.54) is 0 Å². The second-order valence-corrected chi connectivity index (χ2v) is 3.35. The highest BCUT2D eigenvalue weighted by atomic mass is 16.5. The maximum Gasteiger partial charge on any atom is 0.121 e. The largest absolute Gasteiger partial charge is 0.494 e. The molecule has 74 valence electrons. The van der Waals surface area contributed by atoms with Gasteiger partial charge in [0.25, 0.3) is 0 Å². The standard InChI is InChI=1S/C11H14N2O/c1-3-6-14-9-4-5-10-11(7-9)13(2)8-12-10/h4-5,7-8H,3,6H2,1-2H3. The van der Waals surface area contributed by atoms with Crippen LogP contribution in [0.3, 0.4) is 0 Å². The van der Waals surface area contributed by atoms with E-state index < -0.39 is 0 Å². The van der Waals surface area contributed by atoms with Gasteiger partial charge in [-0.2, -0.15) is 0 Å². The van der Waals surface area contributed by atoms with Crippen LogP contribution in [0.2, 0.25) is 0 Å². The number of fused-ring (bicyclic) bond motifs is 1. The third-order valence-electron chi connectivity index (χ3n) is 2.17. The zero-order chi connectivity index (χ0) is 9.97. The van der Waals surface area contributed by atoms with E-state index in [0.717, 1.165) is 29.8 Å². The molecule has 0 unspecified atom stereocenters. The molecule has 1 aromatic heterocycles. The average Bonchev–Trinajstić information content (AvgIpc) is 2.57. The summed E-state index contributed by atoms with van der Waals surface area (Å²) >= 11 is 0. The van der Waals surface area contributed by atoms with Gasteiger partial charge in [-0.3, -0.25) is 0 Å². The molecule has 0 bridgehead atoms. The summed E-state index contributed by atoms with van der Waals surface area (Å²) in [4.78, 5) is 4.25. The fraction of sp³-hybridized carbons (Fsp3) is 0.364. The smallest absolute Gasteiger partial charge is 0.121 e. The first kappa shape index (κ1) is 9.06. The van der Waals surface area contributed by atoms with Crippen LogP contribution in [0.4, 0.5) is 0 Å². The van der Waals surface area contributed by atoms with Crippen molar-refractivity contribution in [3.8, 4) is 5.75 Å². The number of benzene rings is 1. The monoisotopic (exact) mass is 190 g/mol. The lowest BCUT2D eigenvalue weighted by Crippen LogP contribution is -1.95. The van der Waals surface area contributed by atoms with E-state index in [1.807, 2.05) is 36.1 Å². The van der Waals surface area contributed by atoms with Crippen LogP contribution in [-0.4, -0.2) is 16.2 Å². The van der Waals surface area contributed by atoms with Gasteiger partial charge in [0.1, 0.15) is 5.75 Å². The van der Waals surface area contributed by atoms with E-state index in [2.05, 4.69) is 11.9 Å². The van der Waals surface area contributed by atoms with Crippen molar-refractivity contribution in [3.63, 3.8) is 0 Å². The van der Waals surface area contributed by atoms with Crippen LogP contribution in [0.25, 0.3) is 11.0 Å². The second-order valence-electron chi connectivity index (χ2n) is 3.35. The minimum absolute atomic E-state index is 0.767. The number of hydrogen-bond acceptors (Lipinski definition) is 2. The maximum absolute atomic E-state index is 5.55. The van der Waals surface area contributed by atoms with Crippen LogP contribution in [0, 0.1) is 0 Å². The van der Waals surface area contributed by atoms with E-state index >= 15 is 0 Å². The minimum Gasteiger partial charge on any atom is -0.494 e. The van der Waals surface area contributed by atoms with Gasteiger partial charge >= 0.3 is 0 Å². The molecule has 2 aromatic rings. The summed E-state index contributed by atoms with van der Waals surface area (Å²) in [6, 6.07) is 5.98. The molecule has 0 N–H and O–H groups in total. The Labute approximate surface area is 83.3 Å². The van der Waals surface area contributed by atoms with E-state index in [1.54, 1.807) is 0 Å². The normalized spacial score (nSPS) is 10.7. The lowest BCUT2D eigenvalue weighted by atomic mass is 10.3. The van der Waals surface area contributed by atoms with Gasteiger partial charge in [-0.05, 0) is 18.6 Å². The molecule has 0 saturated carbocycles. The van der Waals surface area contributed by atoms with Crippen LogP contribution in [-0.2, 0) is 7.05 Å². The van der Waals surface area contributed by atoms with Crippen molar-refractivity contribution in [1.29, 1.82) is 0 Å². The molecule has 0 aliphatic rings. The van der Waals surface area contributed by atoms with E-state index in [0.29, 0.717) is 0 Å². The third-order valence-corrected chi connectivity index (χ3v) is 2.17. The summed E-state index contributed by atoms with van der Waals surface area (Å²) in [5, 5.41) is 0. The Bertz CT molecular complexity index is 434.